The van der Waals surface area contributed by atoms with Crippen molar-refractivity contribution in [3.8, 4) is 5.75 Å². The Bertz CT molecular complexity index is 1190. The lowest BCUT2D eigenvalue weighted by molar-refractivity contribution is -0.384. The van der Waals surface area contributed by atoms with Gasteiger partial charge in [0.1, 0.15) is 24.0 Å². The number of carbonyl (C=O) groups is 2. The number of amides is 2. The smallest absolute Gasteiger partial charge is 0.271 e. The molecule has 0 radical (unpaired) electrons. The first kappa shape index (κ1) is 29.6. The van der Waals surface area contributed by atoms with Gasteiger partial charge in [-0.25, -0.2) is 8.42 Å². The summed E-state index contributed by atoms with van der Waals surface area (Å²) in [7, 11) is -2.78. The molecule has 11 nitrogen and oxygen atoms in total. The molecule has 0 spiro atoms. The van der Waals surface area contributed by atoms with Crippen molar-refractivity contribution in [1.29, 1.82) is 0 Å². The zero-order valence-corrected chi connectivity index (χ0v) is 22.4. The van der Waals surface area contributed by atoms with Crippen LogP contribution in [0.3, 0.4) is 0 Å². The molecule has 1 atom stereocenters. The zero-order chi connectivity index (χ0) is 27.6. The number of rotatable bonds is 14. The van der Waals surface area contributed by atoms with Gasteiger partial charge in [-0.15, -0.1) is 0 Å². The molecule has 2 rings (SSSR count). The number of anilines is 1. The van der Waals surface area contributed by atoms with Crippen LogP contribution in [0.15, 0.2) is 48.5 Å². The Labute approximate surface area is 217 Å². The van der Waals surface area contributed by atoms with Crippen LogP contribution in [-0.4, -0.2) is 69.1 Å². The topological polar surface area (TPSA) is 139 Å². The van der Waals surface area contributed by atoms with Crippen LogP contribution in [0.25, 0.3) is 0 Å². The SMILES string of the molecule is CCCCNC(=O)[C@H](C)N(CCc1ccccc1)C(=O)CN(c1cc([N+](=O)[O-])ccc1OC)S(C)(=O)=O. The first-order valence-corrected chi connectivity index (χ1v) is 13.8. The van der Waals surface area contributed by atoms with Crippen LogP contribution in [0.1, 0.15) is 32.3 Å². The molecule has 0 saturated heterocycles. The number of non-ortho nitro benzene ring substituents is 1. The van der Waals surface area contributed by atoms with E-state index in [2.05, 4.69) is 5.32 Å². The highest BCUT2D eigenvalue weighted by Crippen LogP contribution is 2.33. The maximum Gasteiger partial charge on any atom is 0.271 e. The third-order valence-electron chi connectivity index (χ3n) is 5.80. The Morgan fingerprint density at radius 2 is 1.84 bits per heavy atom. The van der Waals surface area contributed by atoms with Crippen molar-refractivity contribution in [1.82, 2.24) is 10.2 Å². The standard InChI is InChI=1S/C25H34N4O7S/c1-5-6-15-26-25(31)19(2)27(16-14-20-10-8-7-9-11-20)24(30)18-28(37(4,34)35)22-17-21(29(32)33)12-13-23(22)36-3/h7-13,17,19H,5-6,14-16,18H2,1-4H3,(H,26,31)/t19-/m0/s1. The summed E-state index contributed by atoms with van der Waals surface area (Å²) in [5.41, 5.74) is 0.441. The average molecular weight is 535 g/mol. The summed E-state index contributed by atoms with van der Waals surface area (Å²) in [6.45, 7) is 3.53. The highest BCUT2D eigenvalue weighted by atomic mass is 32.2. The number of hydrogen-bond donors (Lipinski definition) is 1. The molecule has 0 aromatic heterocycles. The van der Waals surface area contributed by atoms with Crippen LogP contribution in [0.4, 0.5) is 11.4 Å². The molecule has 2 aromatic rings. The molecule has 0 saturated carbocycles. The van der Waals surface area contributed by atoms with Gasteiger partial charge < -0.3 is 15.0 Å². The van der Waals surface area contributed by atoms with E-state index in [4.69, 9.17) is 4.74 Å². The molecule has 2 aromatic carbocycles. The van der Waals surface area contributed by atoms with E-state index in [-0.39, 0.29) is 29.6 Å². The van der Waals surface area contributed by atoms with E-state index in [1.807, 2.05) is 37.3 Å². The first-order chi connectivity index (χ1) is 17.5. The van der Waals surface area contributed by atoms with Crippen LogP contribution >= 0.6 is 0 Å². The summed E-state index contributed by atoms with van der Waals surface area (Å²) < 4.78 is 31.5. The summed E-state index contributed by atoms with van der Waals surface area (Å²) in [6.07, 6.45) is 3.01. The number of methoxy groups -OCH3 is 1. The summed E-state index contributed by atoms with van der Waals surface area (Å²) in [5, 5.41) is 14.1. The van der Waals surface area contributed by atoms with E-state index in [1.54, 1.807) is 6.92 Å². The number of ether oxygens (including phenoxy) is 1. The van der Waals surface area contributed by atoms with Crippen molar-refractivity contribution in [2.75, 3.05) is 37.3 Å². The molecular weight excluding hydrogens is 500 g/mol. The van der Waals surface area contributed by atoms with Gasteiger partial charge in [-0.05, 0) is 31.4 Å². The van der Waals surface area contributed by atoms with E-state index in [9.17, 15) is 28.1 Å². The number of unbranched alkanes of at least 4 members (excludes halogenated alkanes) is 1. The monoisotopic (exact) mass is 534 g/mol. The van der Waals surface area contributed by atoms with Gasteiger partial charge in [0, 0.05) is 25.2 Å². The van der Waals surface area contributed by atoms with Gasteiger partial charge in [0.15, 0.2) is 0 Å². The number of nitrogens with zero attached hydrogens (tertiary/aromatic N) is 3. The van der Waals surface area contributed by atoms with E-state index < -0.39 is 33.4 Å². The third-order valence-corrected chi connectivity index (χ3v) is 6.93. The normalized spacial score (nSPS) is 11.9. The van der Waals surface area contributed by atoms with Gasteiger partial charge in [-0.3, -0.25) is 24.0 Å². The van der Waals surface area contributed by atoms with Crippen LogP contribution in [-0.2, 0) is 26.0 Å². The van der Waals surface area contributed by atoms with Crippen molar-refractivity contribution in [3.63, 3.8) is 0 Å². The number of nitro groups is 1. The largest absolute Gasteiger partial charge is 0.495 e. The Balaban J connectivity index is 2.40. The number of carbonyl (C=O) groups excluding carboxylic acids is 2. The van der Waals surface area contributed by atoms with Crippen molar-refractivity contribution in [3.05, 3.63) is 64.2 Å². The van der Waals surface area contributed by atoms with E-state index in [0.29, 0.717) is 13.0 Å². The summed E-state index contributed by atoms with van der Waals surface area (Å²) in [4.78, 5) is 38.4. The maximum atomic E-state index is 13.6. The highest BCUT2D eigenvalue weighted by Gasteiger charge is 2.31. The van der Waals surface area contributed by atoms with E-state index in [1.165, 1.54) is 24.1 Å². The quantitative estimate of drug-likeness (QED) is 0.223. The van der Waals surface area contributed by atoms with Gasteiger partial charge in [0.25, 0.3) is 5.69 Å². The molecule has 202 valence electrons. The second-order valence-electron chi connectivity index (χ2n) is 8.53. The fraction of sp³-hybridized carbons (Fsp3) is 0.440. The lowest BCUT2D eigenvalue weighted by atomic mass is 10.1. The van der Waals surface area contributed by atoms with Crippen LogP contribution in [0, 0.1) is 10.1 Å². The Morgan fingerprint density at radius 1 is 1.16 bits per heavy atom. The Kier molecular flexibility index (Phi) is 10.9. The molecule has 0 bridgehead atoms. The number of nitro benzene ring substituents is 1. The Morgan fingerprint density at radius 3 is 2.41 bits per heavy atom. The van der Waals surface area contributed by atoms with Crippen LogP contribution in [0.2, 0.25) is 0 Å². The minimum Gasteiger partial charge on any atom is -0.495 e. The summed E-state index contributed by atoms with van der Waals surface area (Å²) in [6, 6.07) is 12.0. The van der Waals surface area contributed by atoms with Crippen molar-refractivity contribution in [2.45, 2.75) is 39.2 Å². The lowest BCUT2D eigenvalue weighted by Gasteiger charge is -2.31. The summed E-state index contributed by atoms with van der Waals surface area (Å²) in [5.74, 6) is -0.938. The molecule has 12 heteroatoms. The zero-order valence-electron chi connectivity index (χ0n) is 21.5. The molecule has 0 aliphatic rings. The second kappa shape index (κ2) is 13.6. The molecule has 0 heterocycles. The molecular formula is C25H34N4O7S. The molecule has 0 aliphatic carbocycles. The number of hydrogen-bond acceptors (Lipinski definition) is 7. The number of sulfonamides is 1. The van der Waals surface area contributed by atoms with E-state index >= 15 is 0 Å². The van der Waals surface area contributed by atoms with Crippen LogP contribution < -0.4 is 14.4 Å². The molecule has 0 fully saturated rings. The molecule has 0 unspecified atom stereocenters. The fourth-order valence-electron chi connectivity index (χ4n) is 3.69. The number of benzene rings is 2. The van der Waals surface area contributed by atoms with Crippen LogP contribution in [0.5, 0.6) is 5.75 Å². The average Bonchev–Trinajstić information content (AvgIpc) is 2.86. The maximum absolute atomic E-state index is 13.6. The van der Waals surface area contributed by atoms with Crippen molar-refractivity contribution < 1.29 is 27.7 Å². The predicted octanol–water partition coefficient (Wildman–Crippen LogP) is 2.75. The number of nitrogens with one attached hydrogen (secondary N) is 1. The summed E-state index contributed by atoms with van der Waals surface area (Å²) >= 11 is 0. The molecule has 0 aliphatic heterocycles. The van der Waals surface area contributed by atoms with Crippen molar-refractivity contribution in [2.24, 2.45) is 0 Å². The van der Waals surface area contributed by atoms with Gasteiger partial charge >= 0.3 is 0 Å². The van der Waals surface area contributed by atoms with Crippen molar-refractivity contribution >= 4 is 33.2 Å². The minimum atomic E-state index is -4.07. The van der Waals surface area contributed by atoms with Gasteiger partial charge in [-0.1, -0.05) is 43.7 Å². The van der Waals surface area contributed by atoms with Gasteiger partial charge in [0.05, 0.1) is 18.3 Å². The second-order valence-corrected chi connectivity index (χ2v) is 10.4. The Hall–Kier alpha value is -3.67. The first-order valence-electron chi connectivity index (χ1n) is 11.9. The van der Waals surface area contributed by atoms with Gasteiger partial charge in [0.2, 0.25) is 21.8 Å². The van der Waals surface area contributed by atoms with Gasteiger partial charge in [-0.2, -0.15) is 0 Å². The third kappa shape index (κ3) is 8.45. The molecule has 1 N–H and O–H groups in total. The van der Waals surface area contributed by atoms with E-state index in [0.717, 1.165) is 35.0 Å². The molecule has 2 amide bonds. The molecule has 37 heavy (non-hydrogen) atoms. The fourth-order valence-corrected chi connectivity index (χ4v) is 4.53. The lowest BCUT2D eigenvalue weighted by Crippen LogP contribution is -2.52. The highest BCUT2D eigenvalue weighted by molar-refractivity contribution is 7.92. The predicted molar refractivity (Wildman–Crippen MR) is 141 cm³/mol. The minimum absolute atomic E-state index is 0.0463.